The van der Waals surface area contributed by atoms with Gasteiger partial charge in [0.1, 0.15) is 17.5 Å². The zero-order valence-electron chi connectivity index (χ0n) is 21.8. The number of amides is 1. The molecule has 2 heterocycles. The van der Waals surface area contributed by atoms with Crippen molar-refractivity contribution < 1.29 is 27.4 Å². The molecule has 1 aliphatic heterocycles. The lowest BCUT2D eigenvalue weighted by Crippen LogP contribution is -2.53. The summed E-state index contributed by atoms with van der Waals surface area (Å²) < 4.78 is 48.7. The van der Waals surface area contributed by atoms with Gasteiger partial charge in [0.25, 0.3) is 5.91 Å². The number of fused-ring (bicyclic) bond motifs is 1. The highest BCUT2D eigenvalue weighted by Gasteiger charge is 2.45. The summed E-state index contributed by atoms with van der Waals surface area (Å²) in [6.07, 6.45) is 0.851. The smallest absolute Gasteiger partial charge is 0.255 e. The third-order valence-electron chi connectivity index (χ3n) is 6.70. The molecule has 0 spiro atoms. The minimum atomic E-state index is -4.03. The number of hydrogen-bond donors (Lipinski definition) is 2. The minimum Gasteiger partial charge on any atom is -0.469 e. The lowest BCUT2D eigenvalue weighted by Gasteiger charge is -2.41. The van der Waals surface area contributed by atoms with Crippen LogP contribution in [0.1, 0.15) is 60.8 Å². The quantitative estimate of drug-likeness (QED) is 0.446. The van der Waals surface area contributed by atoms with Crippen LogP contribution in [-0.4, -0.2) is 47.6 Å². The van der Waals surface area contributed by atoms with E-state index in [2.05, 4.69) is 9.71 Å². The van der Waals surface area contributed by atoms with Crippen molar-refractivity contribution in [3.05, 3.63) is 88.9 Å². The van der Waals surface area contributed by atoms with Crippen molar-refractivity contribution >= 4 is 15.9 Å². The molecule has 10 heteroatoms. The molecule has 2 N–H and O–H groups in total. The number of aliphatic hydroxyl groups is 1. The van der Waals surface area contributed by atoms with Gasteiger partial charge in [-0.2, -0.15) is 0 Å². The molecule has 2 aromatic carbocycles. The third kappa shape index (κ3) is 5.72. The van der Waals surface area contributed by atoms with Crippen LogP contribution in [0, 0.1) is 5.82 Å². The Morgan fingerprint density at radius 1 is 1.13 bits per heavy atom. The maximum Gasteiger partial charge on any atom is 0.255 e. The fourth-order valence-electron chi connectivity index (χ4n) is 4.41. The van der Waals surface area contributed by atoms with E-state index in [4.69, 9.17) is 4.74 Å². The van der Waals surface area contributed by atoms with E-state index in [0.717, 1.165) is 12.0 Å². The van der Waals surface area contributed by atoms with Crippen LogP contribution >= 0.6 is 0 Å². The molecule has 1 amide bonds. The van der Waals surface area contributed by atoms with Crippen molar-refractivity contribution in [1.29, 1.82) is 0 Å². The second-order valence-corrected chi connectivity index (χ2v) is 11.5. The second kappa shape index (κ2) is 10.8. The first-order chi connectivity index (χ1) is 17.9. The van der Waals surface area contributed by atoms with Gasteiger partial charge in [-0.05, 0) is 68.7 Å². The highest BCUT2D eigenvalue weighted by Crippen LogP contribution is 2.39. The van der Waals surface area contributed by atoms with Gasteiger partial charge in [0.2, 0.25) is 15.9 Å². The number of rotatable bonds is 8. The molecular formula is C28H32FN3O5S. The number of hydrogen-bond acceptors (Lipinski definition) is 6. The van der Waals surface area contributed by atoms with Gasteiger partial charge in [-0.1, -0.05) is 31.2 Å². The van der Waals surface area contributed by atoms with Crippen molar-refractivity contribution in [2.45, 2.75) is 63.3 Å². The number of halogens is 1. The summed E-state index contributed by atoms with van der Waals surface area (Å²) in [5, 5.41) is 11.1. The number of pyridine rings is 1. The number of nitrogens with zero attached hydrogens (tertiary/aromatic N) is 2. The summed E-state index contributed by atoms with van der Waals surface area (Å²) in [4.78, 5) is 19.3. The normalized spacial score (nSPS) is 18.4. The van der Waals surface area contributed by atoms with Crippen molar-refractivity contribution in [2.24, 2.45) is 0 Å². The Kier molecular flexibility index (Phi) is 7.87. The molecule has 0 bridgehead atoms. The predicted octanol–water partition coefficient (Wildman–Crippen LogP) is 4.00. The average molecular weight is 542 g/mol. The summed E-state index contributed by atoms with van der Waals surface area (Å²) in [6.45, 7) is 7.58. The summed E-state index contributed by atoms with van der Waals surface area (Å²) >= 11 is 0. The fraction of sp³-hybridized carbons (Fsp3) is 0.357. The zero-order valence-corrected chi connectivity index (χ0v) is 22.6. The Labute approximate surface area is 222 Å². The fourth-order valence-corrected chi connectivity index (χ4v) is 5.63. The number of aliphatic hydroxyl groups excluding tert-OH is 1. The molecule has 0 fully saturated rings. The molecule has 0 aliphatic carbocycles. The molecule has 2 atom stereocenters. The minimum absolute atomic E-state index is 0.0557. The van der Waals surface area contributed by atoms with Crippen LogP contribution < -0.4 is 9.46 Å². The largest absolute Gasteiger partial charge is 0.469 e. The number of benzene rings is 2. The highest BCUT2D eigenvalue weighted by atomic mass is 32.2. The number of carbonyl (C=O) groups excluding carboxylic acids is 1. The molecule has 4 rings (SSSR count). The van der Waals surface area contributed by atoms with Crippen LogP contribution in [0.2, 0.25) is 0 Å². The molecule has 0 radical (unpaired) electrons. The van der Waals surface area contributed by atoms with Crippen LogP contribution in [-0.2, 0) is 23.0 Å². The number of aryl methyl sites for hydroxylation is 1. The maximum absolute atomic E-state index is 13.7. The maximum atomic E-state index is 13.7. The van der Waals surface area contributed by atoms with Gasteiger partial charge in [-0.3, -0.25) is 4.79 Å². The van der Waals surface area contributed by atoms with Gasteiger partial charge in [-0.25, -0.2) is 22.5 Å². The topological polar surface area (TPSA) is 109 Å². The standard InChI is InChI=1S/C28H32FN3O5S/c1-5-18-10-12-22(13-11-18)38(35,36)31-24-23-15-20(16-30-26(23)37-28(3,4)25(24)33)27(34)32(6-2)17-19-8-7-9-21(29)14-19/h7-16,24-25,31,33H,5-6,17H2,1-4H3/t24-,25+/m1/s1. The Hall–Kier alpha value is -3.34. The Bertz CT molecular complexity index is 1430. The van der Waals surface area contributed by atoms with E-state index in [9.17, 15) is 22.7 Å². The van der Waals surface area contributed by atoms with Crippen molar-refractivity contribution in [1.82, 2.24) is 14.6 Å². The first-order valence-electron chi connectivity index (χ1n) is 12.5. The molecule has 202 valence electrons. The summed E-state index contributed by atoms with van der Waals surface area (Å²) in [5.41, 5.74) is 0.906. The van der Waals surface area contributed by atoms with Gasteiger partial charge in [-0.15, -0.1) is 0 Å². The zero-order chi connectivity index (χ0) is 27.7. The number of nitrogens with one attached hydrogen (secondary N) is 1. The Morgan fingerprint density at radius 3 is 2.47 bits per heavy atom. The Morgan fingerprint density at radius 2 is 1.84 bits per heavy atom. The second-order valence-electron chi connectivity index (χ2n) is 9.81. The van der Waals surface area contributed by atoms with E-state index < -0.39 is 33.6 Å². The first kappa shape index (κ1) is 27.7. The van der Waals surface area contributed by atoms with Crippen molar-refractivity contribution in [2.75, 3.05) is 6.54 Å². The van der Waals surface area contributed by atoms with Crippen LogP contribution in [0.15, 0.2) is 65.7 Å². The molecule has 0 saturated carbocycles. The van der Waals surface area contributed by atoms with E-state index in [1.807, 2.05) is 6.92 Å². The SMILES string of the molecule is CCc1ccc(S(=O)(=O)N[C@@H]2c3cc(C(=O)N(CC)Cc4cccc(F)c4)cnc3OC(C)(C)[C@H]2O)cc1. The third-order valence-corrected chi connectivity index (χ3v) is 8.16. The van der Waals surface area contributed by atoms with E-state index >= 15 is 0 Å². The molecule has 0 unspecified atom stereocenters. The van der Waals surface area contributed by atoms with E-state index in [0.29, 0.717) is 12.1 Å². The van der Waals surface area contributed by atoms with Crippen LogP contribution in [0.3, 0.4) is 0 Å². The summed E-state index contributed by atoms with van der Waals surface area (Å²) in [5.74, 6) is -0.642. The van der Waals surface area contributed by atoms with Crippen molar-refractivity contribution in [3.63, 3.8) is 0 Å². The van der Waals surface area contributed by atoms with Gasteiger partial charge < -0.3 is 14.7 Å². The highest BCUT2D eigenvalue weighted by molar-refractivity contribution is 7.89. The van der Waals surface area contributed by atoms with E-state index in [-0.39, 0.29) is 34.4 Å². The van der Waals surface area contributed by atoms with Gasteiger partial charge in [0.15, 0.2) is 0 Å². The van der Waals surface area contributed by atoms with Crippen LogP contribution in [0.5, 0.6) is 5.88 Å². The summed E-state index contributed by atoms with van der Waals surface area (Å²) in [7, 11) is -4.03. The van der Waals surface area contributed by atoms with E-state index in [1.165, 1.54) is 41.4 Å². The van der Waals surface area contributed by atoms with Gasteiger partial charge in [0, 0.05) is 24.8 Å². The number of aromatic nitrogens is 1. The summed E-state index contributed by atoms with van der Waals surface area (Å²) in [6, 6.07) is 12.9. The number of sulfonamides is 1. The molecular weight excluding hydrogens is 509 g/mol. The molecule has 8 nitrogen and oxygen atoms in total. The lowest BCUT2D eigenvalue weighted by atomic mass is 9.88. The van der Waals surface area contributed by atoms with E-state index in [1.54, 1.807) is 45.0 Å². The van der Waals surface area contributed by atoms with Crippen LogP contribution in [0.4, 0.5) is 4.39 Å². The first-order valence-corrected chi connectivity index (χ1v) is 14.0. The lowest BCUT2D eigenvalue weighted by molar-refractivity contribution is -0.0632. The average Bonchev–Trinajstić information content (AvgIpc) is 2.89. The molecule has 3 aromatic rings. The molecule has 1 aliphatic rings. The van der Waals surface area contributed by atoms with Crippen LogP contribution in [0.25, 0.3) is 0 Å². The Balaban J connectivity index is 1.67. The predicted molar refractivity (Wildman–Crippen MR) is 141 cm³/mol. The number of ether oxygens (including phenoxy) is 1. The number of carbonyl (C=O) groups is 1. The molecule has 0 saturated heterocycles. The van der Waals surface area contributed by atoms with Crippen molar-refractivity contribution in [3.8, 4) is 5.88 Å². The monoisotopic (exact) mass is 541 g/mol. The van der Waals surface area contributed by atoms with Gasteiger partial charge in [0.05, 0.1) is 16.5 Å². The molecule has 1 aromatic heterocycles. The van der Waals surface area contributed by atoms with Gasteiger partial charge >= 0.3 is 0 Å². The molecule has 38 heavy (non-hydrogen) atoms.